The maximum Gasteiger partial charge on any atom is 0.224 e. The Morgan fingerprint density at radius 3 is 3.05 bits per heavy atom. The molecular weight excluding hydrogens is 252 g/mol. The van der Waals surface area contributed by atoms with E-state index in [1.807, 2.05) is 19.2 Å². The lowest BCUT2D eigenvalue weighted by atomic mass is 9.97. The number of hydrogen-bond acceptors (Lipinski definition) is 4. The van der Waals surface area contributed by atoms with Gasteiger partial charge < -0.3 is 10.2 Å². The van der Waals surface area contributed by atoms with Crippen molar-refractivity contribution in [1.82, 2.24) is 15.3 Å². The molecule has 5 nitrogen and oxygen atoms in total. The van der Waals surface area contributed by atoms with Gasteiger partial charge in [-0.25, -0.2) is 9.97 Å². The van der Waals surface area contributed by atoms with E-state index in [-0.39, 0.29) is 11.8 Å². The normalized spacial score (nSPS) is 22.6. The molecule has 20 heavy (non-hydrogen) atoms. The van der Waals surface area contributed by atoms with Crippen LogP contribution in [0, 0.1) is 5.92 Å². The van der Waals surface area contributed by atoms with Crippen LogP contribution in [0.4, 0.5) is 5.82 Å². The van der Waals surface area contributed by atoms with E-state index in [4.69, 9.17) is 0 Å². The summed E-state index contributed by atoms with van der Waals surface area (Å²) in [5.74, 6) is 2.79. The second kappa shape index (κ2) is 5.77. The second-order valence-corrected chi connectivity index (χ2v) is 5.73. The number of nitrogens with zero attached hydrogens (tertiary/aromatic N) is 3. The van der Waals surface area contributed by atoms with E-state index in [2.05, 4.69) is 20.2 Å². The van der Waals surface area contributed by atoms with Crippen LogP contribution in [0.1, 0.15) is 44.3 Å². The molecule has 2 fully saturated rings. The number of nitrogens with one attached hydrogen (secondary N) is 1. The SMILES string of the molecule is CCNC(=O)C1CCCN(c2ccnc(C3CC3)n2)C1. The number of rotatable bonds is 4. The molecular formula is C15H22N4O. The number of hydrogen-bond donors (Lipinski definition) is 1. The first kappa shape index (κ1) is 13.3. The summed E-state index contributed by atoms with van der Waals surface area (Å²) in [5.41, 5.74) is 0. The molecule has 1 aromatic rings. The molecule has 0 spiro atoms. The smallest absolute Gasteiger partial charge is 0.224 e. The molecule has 2 heterocycles. The highest BCUT2D eigenvalue weighted by atomic mass is 16.1. The summed E-state index contributed by atoms with van der Waals surface area (Å²) in [4.78, 5) is 23.3. The maximum atomic E-state index is 12.0. The zero-order chi connectivity index (χ0) is 13.9. The maximum absolute atomic E-state index is 12.0. The van der Waals surface area contributed by atoms with Crippen LogP contribution in [-0.4, -0.2) is 35.5 Å². The number of aromatic nitrogens is 2. The van der Waals surface area contributed by atoms with E-state index < -0.39 is 0 Å². The monoisotopic (exact) mass is 274 g/mol. The fourth-order valence-electron chi connectivity index (χ4n) is 2.80. The Balaban J connectivity index is 1.69. The van der Waals surface area contributed by atoms with Gasteiger partial charge in [-0.05, 0) is 38.7 Å². The third kappa shape index (κ3) is 2.92. The van der Waals surface area contributed by atoms with Crippen LogP contribution >= 0.6 is 0 Å². The molecule has 1 N–H and O–H groups in total. The molecule has 0 bridgehead atoms. The fourth-order valence-corrected chi connectivity index (χ4v) is 2.80. The Morgan fingerprint density at radius 2 is 2.30 bits per heavy atom. The molecule has 1 aliphatic heterocycles. The molecule has 1 aliphatic carbocycles. The fraction of sp³-hybridized carbons (Fsp3) is 0.667. The first-order valence-electron chi connectivity index (χ1n) is 7.63. The highest BCUT2D eigenvalue weighted by molar-refractivity contribution is 5.79. The van der Waals surface area contributed by atoms with Gasteiger partial charge in [0.2, 0.25) is 5.91 Å². The van der Waals surface area contributed by atoms with Gasteiger partial charge in [0, 0.05) is 31.7 Å². The molecule has 1 aromatic heterocycles. The third-order valence-electron chi connectivity index (χ3n) is 4.07. The summed E-state index contributed by atoms with van der Waals surface area (Å²) in [7, 11) is 0. The summed E-state index contributed by atoms with van der Waals surface area (Å²) in [6, 6.07) is 1.96. The first-order valence-corrected chi connectivity index (χ1v) is 7.63. The van der Waals surface area contributed by atoms with Crippen molar-refractivity contribution < 1.29 is 4.79 Å². The average molecular weight is 274 g/mol. The highest BCUT2D eigenvalue weighted by Crippen LogP contribution is 2.38. The van der Waals surface area contributed by atoms with Crippen LogP contribution in [0.3, 0.4) is 0 Å². The van der Waals surface area contributed by atoms with Gasteiger partial charge in [-0.1, -0.05) is 0 Å². The van der Waals surface area contributed by atoms with Gasteiger partial charge >= 0.3 is 0 Å². The largest absolute Gasteiger partial charge is 0.356 e. The van der Waals surface area contributed by atoms with E-state index in [0.29, 0.717) is 12.5 Å². The molecule has 5 heteroatoms. The zero-order valence-corrected chi connectivity index (χ0v) is 12.0. The first-order chi connectivity index (χ1) is 9.78. The minimum Gasteiger partial charge on any atom is -0.356 e. The zero-order valence-electron chi connectivity index (χ0n) is 12.0. The Bertz CT molecular complexity index is 487. The Morgan fingerprint density at radius 1 is 1.45 bits per heavy atom. The van der Waals surface area contributed by atoms with Crippen molar-refractivity contribution >= 4 is 11.7 Å². The molecule has 2 aliphatic rings. The number of carbonyl (C=O) groups is 1. The number of anilines is 1. The lowest BCUT2D eigenvalue weighted by Gasteiger charge is -2.32. The van der Waals surface area contributed by atoms with Gasteiger partial charge in [0.25, 0.3) is 0 Å². The van der Waals surface area contributed by atoms with Crippen LogP contribution in [0.25, 0.3) is 0 Å². The van der Waals surface area contributed by atoms with Crippen molar-refractivity contribution in [2.75, 3.05) is 24.5 Å². The van der Waals surface area contributed by atoms with Crippen LogP contribution in [-0.2, 0) is 4.79 Å². The third-order valence-corrected chi connectivity index (χ3v) is 4.07. The van der Waals surface area contributed by atoms with Crippen molar-refractivity contribution in [3.8, 4) is 0 Å². The Kier molecular flexibility index (Phi) is 3.85. The molecule has 1 saturated heterocycles. The van der Waals surface area contributed by atoms with E-state index in [0.717, 1.165) is 37.6 Å². The van der Waals surface area contributed by atoms with Crippen molar-refractivity contribution in [3.63, 3.8) is 0 Å². The summed E-state index contributed by atoms with van der Waals surface area (Å²) in [5, 5.41) is 2.93. The summed E-state index contributed by atoms with van der Waals surface area (Å²) >= 11 is 0. The van der Waals surface area contributed by atoms with Gasteiger partial charge in [-0.3, -0.25) is 4.79 Å². The molecule has 1 amide bonds. The van der Waals surface area contributed by atoms with E-state index in [9.17, 15) is 4.79 Å². The van der Waals surface area contributed by atoms with Gasteiger partial charge in [-0.15, -0.1) is 0 Å². The summed E-state index contributed by atoms with van der Waals surface area (Å²) < 4.78 is 0. The minimum atomic E-state index is 0.0861. The highest BCUT2D eigenvalue weighted by Gasteiger charge is 2.29. The van der Waals surface area contributed by atoms with Crippen LogP contribution in [0.5, 0.6) is 0 Å². The Hall–Kier alpha value is -1.65. The molecule has 0 aromatic carbocycles. The quantitative estimate of drug-likeness (QED) is 0.908. The predicted molar refractivity (Wildman–Crippen MR) is 77.6 cm³/mol. The predicted octanol–water partition coefficient (Wildman–Crippen LogP) is 1.71. The van der Waals surface area contributed by atoms with Crippen molar-refractivity contribution in [2.24, 2.45) is 5.92 Å². The number of piperidine rings is 1. The minimum absolute atomic E-state index is 0.0861. The average Bonchev–Trinajstić information content (AvgIpc) is 3.32. The number of carbonyl (C=O) groups excluding carboxylic acids is 1. The summed E-state index contributed by atoms with van der Waals surface area (Å²) in [6.45, 7) is 4.42. The standard InChI is InChI=1S/C15H22N4O/c1-2-16-15(20)12-4-3-9-19(10-12)13-7-8-17-14(18-13)11-5-6-11/h7-8,11-12H,2-6,9-10H2,1H3,(H,16,20). The van der Waals surface area contributed by atoms with Crippen molar-refractivity contribution in [1.29, 1.82) is 0 Å². The van der Waals surface area contributed by atoms with Gasteiger partial charge in [-0.2, -0.15) is 0 Å². The van der Waals surface area contributed by atoms with Crippen LogP contribution in [0.15, 0.2) is 12.3 Å². The molecule has 3 rings (SSSR count). The van der Waals surface area contributed by atoms with Gasteiger partial charge in [0.1, 0.15) is 11.6 Å². The lowest BCUT2D eigenvalue weighted by Crippen LogP contribution is -2.43. The molecule has 108 valence electrons. The number of amides is 1. The summed E-state index contributed by atoms with van der Waals surface area (Å²) in [6.07, 6.45) is 6.30. The van der Waals surface area contributed by atoms with Crippen molar-refractivity contribution in [3.05, 3.63) is 18.1 Å². The van der Waals surface area contributed by atoms with Gasteiger partial charge in [0.15, 0.2) is 0 Å². The molecule has 1 unspecified atom stereocenters. The van der Waals surface area contributed by atoms with Gasteiger partial charge in [0.05, 0.1) is 5.92 Å². The molecule has 0 radical (unpaired) electrons. The van der Waals surface area contributed by atoms with Crippen LogP contribution in [0.2, 0.25) is 0 Å². The van der Waals surface area contributed by atoms with E-state index >= 15 is 0 Å². The Labute approximate surface area is 119 Å². The van der Waals surface area contributed by atoms with Crippen molar-refractivity contribution in [2.45, 2.75) is 38.5 Å². The lowest BCUT2D eigenvalue weighted by molar-refractivity contribution is -0.125. The van der Waals surface area contributed by atoms with E-state index in [1.165, 1.54) is 12.8 Å². The topological polar surface area (TPSA) is 58.1 Å². The molecule has 1 atom stereocenters. The van der Waals surface area contributed by atoms with E-state index in [1.54, 1.807) is 0 Å². The molecule has 1 saturated carbocycles. The second-order valence-electron chi connectivity index (χ2n) is 5.73. The van der Waals surface area contributed by atoms with Crippen LogP contribution < -0.4 is 10.2 Å².